The minimum absolute atomic E-state index is 0.0128. The third-order valence-corrected chi connectivity index (χ3v) is 7.05. The second kappa shape index (κ2) is 8.04. The van der Waals surface area contributed by atoms with Crippen molar-refractivity contribution in [2.24, 2.45) is 7.05 Å². The molecule has 1 fully saturated rings. The number of β-amino-alcohol motifs (C(OH)–C–C–N with tert-alkyl or cyclic N) is 1. The first-order chi connectivity index (χ1) is 13.8. The van der Waals surface area contributed by atoms with Crippen LogP contribution in [0, 0.1) is 0 Å². The van der Waals surface area contributed by atoms with Crippen molar-refractivity contribution in [3.8, 4) is 5.75 Å². The molecule has 1 saturated heterocycles. The standard InChI is InChI=1S/C19H27N5O4S/c1-22-8-7-20-19(22)13-24-11-15-17(12-24)28-16-5-3-4-6-18(16)29(26,27)21-9-14(25)10-23(15)2/h3-8,14-15,17,21,25H,9-13H2,1-2H3/t14-,15+,17-/m0/s1. The number of ether oxygens (including phenoxy) is 1. The molecule has 4 rings (SSSR count). The third kappa shape index (κ3) is 4.31. The number of likely N-dealkylation sites (tertiary alicyclic amines) is 1. The van der Waals surface area contributed by atoms with Crippen LogP contribution < -0.4 is 9.46 Å². The summed E-state index contributed by atoms with van der Waals surface area (Å²) in [5.41, 5.74) is 0. The van der Waals surface area contributed by atoms with Crippen molar-refractivity contribution in [1.29, 1.82) is 0 Å². The quantitative estimate of drug-likeness (QED) is 0.683. The van der Waals surface area contributed by atoms with Crippen LogP contribution in [0.25, 0.3) is 0 Å². The summed E-state index contributed by atoms with van der Waals surface area (Å²) in [6.07, 6.45) is 2.64. The average molecular weight is 422 g/mol. The van der Waals surface area contributed by atoms with E-state index in [2.05, 4.69) is 19.5 Å². The topological polar surface area (TPSA) is 99.9 Å². The van der Waals surface area contributed by atoms with Crippen LogP contribution in [0.15, 0.2) is 41.6 Å². The number of fused-ring (bicyclic) bond motifs is 2. The summed E-state index contributed by atoms with van der Waals surface area (Å²) in [5.74, 6) is 1.29. The summed E-state index contributed by atoms with van der Waals surface area (Å²) in [5, 5.41) is 10.4. The van der Waals surface area contributed by atoms with E-state index in [0.717, 1.165) is 12.4 Å². The number of aromatic nitrogens is 2. The second-order valence-electron chi connectivity index (χ2n) is 7.76. The van der Waals surface area contributed by atoms with Crippen molar-refractivity contribution >= 4 is 10.0 Å². The van der Waals surface area contributed by atoms with Crippen LogP contribution in [0.1, 0.15) is 5.82 Å². The number of benzene rings is 1. The van der Waals surface area contributed by atoms with Gasteiger partial charge in [-0.1, -0.05) is 12.1 Å². The number of aryl methyl sites for hydroxylation is 1. The Kier molecular flexibility index (Phi) is 5.63. The number of rotatable bonds is 2. The number of aliphatic hydroxyl groups excluding tert-OH is 1. The molecule has 0 aliphatic carbocycles. The maximum atomic E-state index is 12.7. The van der Waals surface area contributed by atoms with Crippen LogP contribution in [0.3, 0.4) is 0 Å². The molecule has 2 aromatic rings. The van der Waals surface area contributed by atoms with E-state index in [-0.39, 0.29) is 23.6 Å². The van der Waals surface area contributed by atoms with E-state index < -0.39 is 16.1 Å². The molecule has 10 heteroatoms. The van der Waals surface area contributed by atoms with Gasteiger partial charge in [-0.15, -0.1) is 0 Å². The van der Waals surface area contributed by atoms with Crippen LogP contribution in [0.2, 0.25) is 0 Å². The Morgan fingerprint density at radius 1 is 1.24 bits per heavy atom. The van der Waals surface area contributed by atoms with Crippen LogP contribution in [0.4, 0.5) is 0 Å². The van der Waals surface area contributed by atoms with Crippen molar-refractivity contribution < 1.29 is 18.3 Å². The van der Waals surface area contributed by atoms with E-state index in [4.69, 9.17) is 4.74 Å². The second-order valence-corrected chi connectivity index (χ2v) is 9.50. The third-order valence-electron chi connectivity index (χ3n) is 5.59. The minimum atomic E-state index is -3.78. The molecule has 2 aliphatic rings. The van der Waals surface area contributed by atoms with Gasteiger partial charge >= 0.3 is 0 Å². The number of para-hydroxylation sites is 1. The molecule has 158 valence electrons. The highest BCUT2D eigenvalue weighted by Gasteiger charge is 2.39. The Morgan fingerprint density at radius 3 is 2.79 bits per heavy atom. The van der Waals surface area contributed by atoms with Gasteiger partial charge in [0.15, 0.2) is 0 Å². The van der Waals surface area contributed by atoms with Gasteiger partial charge in [0.2, 0.25) is 10.0 Å². The first kappa shape index (κ1) is 20.3. The molecular weight excluding hydrogens is 394 g/mol. The van der Waals surface area contributed by atoms with Gasteiger partial charge in [-0.05, 0) is 19.2 Å². The van der Waals surface area contributed by atoms with Crippen molar-refractivity contribution in [2.45, 2.75) is 29.7 Å². The highest BCUT2D eigenvalue weighted by molar-refractivity contribution is 7.89. The van der Waals surface area contributed by atoms with Crippen LogP contribution in [-0.2, 0) is 23.6 Å². The molecule has 0 unspecified atom stereocenters. The Bertz CT molecular complexity index is 963. The molecule has 3 atom stereocenters. The van der Waals surface area contributed by atoms with Crippen LogP contribution in [0.5, 0.6) is 5.75 Å². The molecule has 9 nitrogen and oxygen atoms in total. The molecule has 3 heterocycles. The maximum absolute atomic E-state index is 12.7. The molecule has 0 amide bonds. The lowest BCUT2D eigenvalue weighted by Crippen LogP contribution is -2.47. The van der Waals surface area contributed by atoms with E-state index in [1.807, 2.05) is 24.9 Å². The lowest BCUT2D eigenvalue weighted by molar-refractivity contribution is 0.0713. The van der Waals surface area contributed by atoms with Crippen molar-refractivity contribution in [2.75, 3.05) is 33.2 Å². The van der Waals surface area contributed by atoms with E-state index in [9.17, 15) is 13.5 Å². The van der Waals surface area contributed by atoms with Gasteiger partial charge in [0.1, 0.15) is 22.6 Å². The fourth-order valence-corrected chi connectivity index (χ4v) is 5.20. The van der Waals surface area contributed by atoms with Gasteiger partial charge in [0, 0.05) is 45.6 Å². The minimum Gasteiger partial charge on any atom is -0.486 e. The molecule has 1 aromatic heterocycles. The summed E-state index contributed by atoms with van der Waals surface area (Å²) < 4.78 is 36.2. The van der Waals surface area contributed by atoms with Gasteiger partial charge < -0.3 is 14.4 Å². The van der Waals surface area contributed by atoms with E-state index in [0.29, 0.717) is 25.4 Å². The Hall–Kier alpha value is -1.98. The Labute approximate surface area is 171 Å². The highest BCUT2D eigenvalue weighted by atomic mass is 32.2. The van der Waals surface area contributed by atoms with Gasteiger partial charge in [0.05, 0.1) is 18.7 Å². The summed E-state index contributed by atoms with van der Waals surface area (Å²) in [7, 11) is 0.125. The van der Waals surface area contributed by atoms with E-state index in [1.54, 1.807) is 24.4 Å². The SMILES string of the molecule is CN1C[C@@H](O)CNS(=O)(=O)c2ccccc2O[C@H]2CN(Cc3nccn3C)C[C@H]21. The predicted octanol–water partition coefficient (Wildman–Crippen LogP) is -0.363. The Morgan fingerprint density at radius 2 is 2.03 bits per heavy atom. The molecule has 0 saturated carbocycles. The molecule has 29 heavy (non-hydrogen) atoms. The van der Waals surface area contributed by atoms with Gasteiger partial charge in [-0.3, -0.25) is 9.80 Å². The fraction of sp³-hybridized carbons (Fsp3) is 0.526. The maximum Gasteiger partial charge on any atom is 0.244 e. The first-order valence-corrected chi connectivity index (χ1v) is 11.1. The van der Waals surface area contributed by atoms with Crippen molar-refractivity contribution in [3.05, 3.63) is 42.5 Å². The first-order valence-electron chi connectivity index (χ1n) is 9.65. The van der Waals surface area contributed by atoms with Crippen molar-refractivity contribution in [3.63, 3.8) is 0 Å². The zero-order valence-corrected chi connectivity index (χ0v) is 17.4. The zero-order chi connectivity index (χ0) is 20.6. The summed E-state index contributed by atoms with van der Waals surface area (Å²) in [4.78, 5) is 8.80. The molecule has 0 radical (unpaired) electrons. The monoisotopic (exact) mass is 421 g/mol. The summed E-state index contributed by atoms with van der Waals surface area (Å²) in [6, 6.07) is 6.66. The van der Waals surface area contributed by atoms with E-state index >= 15 is 0 Å². The molecule has 2 N–H and O–H groups in total. The van der Waals surface area contributed by atoms with Crippen LogP contribution in [-0.4, -0.2) is 84.4 Å². The lowest BCUT2D eigenvalue weighted by Gasteiger charge is -2.30. The lowest BCUT2D eigenvalue weighted by atomic mass is 10.1. The van der Waals surface area contributed by atoms with Crippen molar-refractivity contribution in [1.82, 2.24) is 24.1 Å². The molecular formula is C19H27N5O4S. The number of imidazole rings is 1. The largest absolute Gasteiger partial charge is 0.486 e. The number of hydrogen-bond donors (Lipinski definition) is 2. The van der Waals surface area contributed by atoms with Crippen LogP contribution >= 0.6 is 0 Å². The number of nitrogens with one attached hydrogen (secondary N) is 1. The van der Waals surface area contributed by atoms with E-state index in [1.165, 1.54) is 6.07 Å². The number of aliphatic hydroxyl groups is 1. The number of sulfonamides is 1. The summed E-state index contributed by atoms with van der Waals surface area (Å²) >= 11 is 0. The number of nitrogens with zero attached hydrogens (tertiary/aromatic N) is 4. The highest BCUT2D eigenvalue weighted by Crippen LogP contribution is 2.29. The summed E-state index contributed by atoms with van der Waals surface area (Å²) in [6.45, 7) is 2.36. The molecule has 1 aromatic carbocycles. The average Bonchev–Trinajstić information content (AvgIpc) is 3.26. The number of likely N-dealkylation sites (N-methyl/N-ethyl adjacent to an activating group) is 1. The molecule has 2 aliphatic heterocycles. The van der Waals surface area contributed by atoms with Gasteiger partial charge in [-0.25, -0.2) is 18.1 Å². The van der Waals surface area contributed by atoms with Gasteiger partial charge in [-0.2, -0.15) is 0 Å². The number of hydrogen-bond acceptors (Lipinski definition) is 7. The van der Waals surface area contributed by atoms with Gasteiger partial charge in [0.25, 0.3) is 0 Å². The molecule has 0 bridgehead atoms. The fourth-order valence-electron chi connectivity index (χ4n) is 4.00. The predicted molar refractivity (Wildman–Crippen MR) is 107 cm³/mol. The Balaban J connectivity index is 1.64. The smallest absolute Gasteiger partial charge is 0.244 e. The zero-order valence-electron chi connectivity index (χ0n) is 16.6. The molecule has 0 spiro atoms. The normalized spacial score (nSPS) is 28.2.